The van der Waals surface area contributed by atoms with Crippen LogP contribution in [0.5, 0.6) is 11.5 Å². The molecule has 0 aliphatic carbocycles. The second kappa shape index (κ2) is 6.51. The van der Waals surface area contributed by atoms with Crippen LogP contribution in [0.15, 0.2) is 30.3 Å². The van der Waals surface area contributed by atoms with E-state index in [-0.39, 0.29) is 12.7 Å². The molecule has 2 aromatic rings. The minimum absolute atomic E-state index is 0.177. The zero-order valence-corrected chi connectivity index (χ0v) is 13.0. The van der Waals surface area contributed by atoms with Gasteiger partial charge in [0, 0.05) is 11.6 Å². The first-order valence-electron chi connectivity index (χ1n) is 7.47. The summed E-state index contributed by atoms with van der Waals surface area (Å²) in [6, 6.07) is 8.84. The number of benzene rings is 1. The van der Waals surface area contributed by atoms with Crippen molar-refractivity contribution in [3.63, 3.8) is 0 Å². The fourth-order valence-corrected chi connectivity index (χ4v) is 2.06. The van der Waals surface area contributed by atoms with Gasteiger partial charge in [-0.2, -0.15) is 0 Å². The van der Waals surface area contributed by atoms with E-state index in [2.05, 4.69) is 34.7 Å². The molecule has 7 nitrogen and oxygen atoms in total. The first-order chi connectivity index (χ1) is 11.2. The molecule has 3 rings (SSSR count). The molecule has 0 radical (unpaired) electrons. The average molecular weight is 314 g/mol. The monoisotopic (exact) mass is 314 g/mol. The van der Waals surface area contributed by atoms with Crippen molar-refractivity contribution < 1.29 is 14.3 Å². The van der Waals surface area contributed by atoms with Gasteiger partial charge in [-0.25, -0.2) is 0 Å². The normalized spacial score (nSPS) is 13.5. The van der Waals surface area contributed by atoms with Gasteiger partial charge < -0.3 is 20.1 Å². The Balaban J connectivity index is 1.65. The van der Waals surface area contributed by atoms with Crippen LogP contribution in [-0.2, 0) is 0 Å². The molecule has 1 aromatic heterocycles. The van der Waals surface area contributed by atoms with Crippen molar-refractivity contribution in [2.75, 3.05) is 17.4 Å². The highest BCUT2D eigenvalue weighted by molar-refractivity contribution is 6.04. The van der Waals surface area contributed by atoms with E-state index < -0.39 is 0 Å². The van der Waals surface area contributed by atoms with Gasteiger partial charge in [-0.05, 0) is 43.7 Å². The number of hydrogen-bond donors (Lipinski definition) is 2. The summed E-state index contributed by atoms with van der Waals surface area (Å²) in [5.74, 6) is 2.00. The number of nitrogens with zero attached hydrogens (tertiary/aromatic N) is 2. The third-order valence-corrected chi connectivity index (χ3v) is 3.55. The van der Waals surface area contributed by atoms with Crippen LogP contribution >= 0.6 is 0 Å². The summed E-state index contributed by atoms with van der Waals surface area (Å²) in [5.41, 5.74) is 0.470. The Kier molecular flexibility index (Phi) is 4.27. The number of carbonyl (C=O) groups excluding carboxylic acids is 1. The van der Waals surface area contributed by atoms with E-state index >= 15 is 0 Å². The summed E-state index contributed by atoms with van der Waals surface area (Å²) >= 11 is 0. The third-order valence-electron chi connectivity index (χ3n) is 3.55. The van der Waals surface area contributed by atoms with Gasteiger partial charge in [0.2, 0.25) is 6.79 Å². The maximum absolute atomic E-state index is 12.2. The zero-order chi connectivity index (χ0) is 16.2. The summed E-state index contributed by atoms with van der Waals surface area (Å²) < 4.78 is 10.5. The van der Waals surface area contributed by atoms with E-state index in [4.69, 9.17) is 9.47 Å². The predicted octanol–water partition coefficient (Wildman–Crippen LogP) is 2.67. The number of fused-ring (bicyclic) bond motifs is 1. The van der Waals surface area contributed by atoms with Crippen molar-refractivity contribution in [3.05, 3.63) is 35.9 Å². The Labute approximate surface area is 134 Å². The van der Waals surface area contributed by atoms with Gasteiger partial charge in [-0.15, -0.1) is 10.2 Å². The molecule has 2 heterocycles. The Hall–Kier alpha value is -2.83. The molecule has 1 aliphatic rings. The number of ether oxygens (including phenoxy) is 2. The van der Waals surface area contributed by atoms with E-state index in [0.29, 0.717) is 34.7 Å². The van der Waals surface area contributed by atoms with Crippen LogP contribution in [0.25, 0.3) is 0 Å². The molecule has 7 heteroatoms. The number of anilines is 2. The molecule has 1 atom stereocenters. The van der Waals surface area contributed by atoms with E-state index in [0.717, 1.165) is 6.42 Å². The number of nitrogens with one attached hydrogen (secondary N) is 2. The van der Waals surface area contributed by atoms with Gasteiger partial charge >= 0.3 is 0 Å². The van der Waals surface area contributed by atoms with Crippen LogP contribution in [-0.4, -0.2) is 28.9 Å². The number of hydrogen-bond acceptors (Lipinski definition) is 6. The van der Waals surface area contributed by atoms with Gasteiger partial charge in [0.05, 0.1) is 0 Å². The highest BCUT2D eigenvalue weighted by atomic mass is 16.7. The molecule has 2 N–H and O–H groups in total. The van der Waals surface area contributed by atoms with Crippen LogP contribution in [0.4, 0.5) is 11.6 Å². The topological polar surface area (TPSA) is 85.4 Å². The van der Waals surface area contributed by atoms with Crippen molar-refractivity contribution in [3.8, 4) is 11.5 Å². The summed E-state index contributed by atoms with van der Waals surface area (Å²) in [6.45, 7) is 4.33. The minimum atomic E-state index is -0.278. The maximum atomic E-state index is 12.2. The largest absolute Gasteiger partial charge is 0.454 e. The quantitative estimate of drug-likeness (QED) is 0.882. The van der Waals surface area contributed by atoms with Crippen LogP contribution in [0, 0.1) is 0 Å². The molecule has 0 spiro atoms. The third kappa shape index (κ3) is 3.50. The maximum Gasteiger partial charge on any atom is 0.257 e. The first kappa shape index (κ1) is 15.1. The lowest BCUT2D eigenvalue weighted by Crippen LogP contribution is -2.16. The van der Waals surface area contributed by atoms with Crippen molar-refractivity contribution >= 4 is 17.5 Å². The van der Waals surface area contributed by atoms with Gasteiger partial charge in [-0.3, -0.25) is 4.79 Å². The lowest BCUT2D eigenvalue weighted by atomic mass is 10.2. The lowest BCUT2D eigenvalue weighted by Gasteiger charge is -2.11. The van der Waals surface area contributed by atoms with Crippen LogP contribution < -0.4 is 20.1 Å². The van der Waals surface area contributed by atoms with Gasteiger partial charge in [0.1, 0.15) is 5.82 Å². The molecule has 1 aliphatic heterocycles. The van der Waals surface area contributed by atoms with Gasteiger partial charge in [0.15, 0.2) is 17.3 Å². The first-order valence-corrected chi connectivity index (χ1v) is 7.47. The van der Waals surface area contributed by atoms with Crippen molar-refractivity contribution in [2.24, 2.45) is 0 Å². The van der Waals surface area contributed by atoms with Crippen molar-refractivity contribution in [1.29, 1.82) is 0 Å². The molecule has 0 bridgehead atoms. The second-order valence-electron chi connectivity index (χ2n) is 5.28. The van der Waals surface area contributed by atoms with Crippen LogP contribution in [0.1, 0.15) is 30.6 Å². The molecular weight excluding hydrogens is 296 g/mol. The van der Waals surface area contributed by atoms with Gasteiger partial charge in [0.25, 0.3) is 5.91 Å². The molecule has 120 valence electrons. The molecule has 1 unspecified atom stereocenters. The smallest absolute Gasteiger partial charge is 0.257 e. The molecule has 0 fully saturated rings. The highest BCUT2D eigenvalue weighted by Crippen LogP contribution is 2.32. The molecular formula is C16H18N4O3. The summed E-state index contributed by atoms with van der Waals surface area (Å²) in [6.07, 6.45) is 0.990. The fourth-order valence-electron chi connectivity index (χ4n) is 2.06. The average Bonchev–Trinajstić information content (AvgIpc) is 3.04. The zero-order valence-electron chi connectivity index (χ0n) is 13.0. The molecule has 0 saturated heterocycles. The van der Waals surface area contributed by atoms with Crippen molar-refractivity contribution in [1.82, 2.24) is 10.2 Å². The summed E-state index contributed by atoms with van der Waals surface area (Å²) in [4.78, 5) is 12.2. The molecule has 23 heavy (non-hydrogen) atoms. The fraction of sp³-hybridized carbons (Fsp3) is 0.312. The standard InChI is InChI=1S/C16H18N4O3/c1-3-10(2)17-14-6-7-15(20-19-14)18-16(21)11-4-5-12-13(8-11)23-9-22-12/h4-8,10H,3,9H2,1-2H3,(H,17,19)(H,18,20,21). The Morgan fingerprint density at radius 1 is 1.17 bits per heavy atom. The van der Waals surface area contributed by atoms with Gasteiger partial charge in [-0.1, -0.05) is 6.92 Å². The number of rotatable bonds is 5. The van der Waals surface area contributed by atoms with Crippen LogP contribution in [0.2, 0.25) is 0 Å². The van der Waals surface area contributed by atoms with E-state index in [1.807, 2.05) is 0 Å². The number of aromatic nitrogens is 2. The van der Waals surface area contributed by atoms with E-state index in [1.54, 1.807) is 30.3 Å². The lowest BCUT2D eigenvalue weighted by molar-refractivity contribution is 0.102. The molecule has 0 saturated carbocycles. The SMILES string of the molecule is CCC(C)Nc1ccc(NC(=O)c2ccc3c(c2)OCO3)nn1. The Bertz CT molecular complexity index is 703. The van der Waals surface area contributed by atoms with Crippen molar-refractivity contribution in [2.45, 2.75) is 26.3 Å². The minimum Gasteiger partial charge on any atom is -0.454 e. The molecule has 1 amide bonds. The Morgan fingerprint density at radius 3 is 2.65 bits per heavy atom. The summed E-state index contributed by atoms with van der Waals surface area (Å²) in [7, 11) is 0. The molecule has 1 aromatic carbocycles. The second-order valence-corrected chi connectivity index (χ2v) is 5.28. The number of carbonyl (C=O) groups is 1. The van der Waals surface area contributed by atoms with E-state index in [9.17, 15) is 4.79 Å². The predicted molar refractivity (Wildman–Crippen MR) is 85.9 cm³/mol. The highest BCUT2D eigenvalue weighted by Gasteiger charge is 2.16. The number of amides is 1. The summed E-state index contributed by atoms with van der Waals surface area (Å²) in [5, 5.41) is 14.0. The van der Waals surface area contributed by atoms with E-state index in [1.165, 1.54) is 0 Å². The van der Waals surface area contributed by atoms with Crippen LogP contribution in [0.3, 0.4) is 0 Å². The Morgan fingerprint density at radius 2 is 1.91 bits per heavy atom.